The molecule has 2 aromatic carbocycles. The Kier molecular flexibility index (Phi) is 7.54. The summed E-state index contributed by atoms with van der Waals surface area (Å²) in [6.45, 7) is 1.82. The summed E-state index contributed by atoms with van der Waals surface area (Å²) in [5.41, 5.74) is 1.16. The van der Waals surface area contributed by atoms with Crippen molar-refractivity contribution < 1.29 is 14.3 Å². The van der Waals surface area contributed by atoms with E-state index in [1.165, 1.54) is 11.8 Å². The Bertz CT molecular complexity index is 1070. The molecule has 3 rings (SSSR count). The molecule has 0 saturated heterocycles. The minimum absolute atomic E-state index is 0.161. The highest BCUT2D eigenvalue weighted by Crippen LogP contribution is 2.21. The quantitative estimate of drug-likeness (QED) is 0.498. The molecule has 0 unspecified atom stereocenters. The first-order valence-electron chi connectivity index (χ1n) is 9.40. The average Bonchev–Trinajstić information content (AvgIpc) is 3.13. The number of halogens is 1. The van der Waals surface area contributed by atoms with Gasteiger partial charge in [-0.3, -0.25) is 9.59 Å². The predicted octanol–water partition coefficient (Wildman–Crippen LogP) is 3.70. The standard InChI is InChI=1S/C21H22ClN5O3S/c1-13(23-20(29)14-7-9-15(22)10-8-14)19-25-26-21(27(19)2)31-12-18(28)24-16-5-4-6-17(11-16)30-3/h4-11,13H,12H2,1-3H3,(H,23,29)(H,24,28)/t13-/m1/s1. The van der Waals surface area contributed by atoms with Crippen LogP contribution < -0.4 is 15.4 Å². The van der Waals surface area contributed by atoms with E-state index in [0.29, 0.717) is 33.0 Å². The monoisotopic (exact) mass is 459 g/mol. The highest BCUT2D eigenvalue weighted by Gasteiger charge is 2.19. The lowest BCUT2D eigenvalue weighted by molar-refractivity contribution is -0.113. The Morgan fingerprint density at radius 2 is 1.94 bits per heavy atom. The lowest BCUT2D eigenvalue weighted by atomic mass is 10.2. The number of hydrogen-bond donors (Lipinski definition) is 2. The summed E-state index contributed by atoms with van der Waals surface area (Å²) >= 11 is 7.12. The molecule has 8 nitrogen and oxygen atoms in total. The Morgan fingerprint density at radius 1 is 1.19 bits per heavy atom. The van der Waals surface area contributed by atoms with Crippen molar-refractivity contribution in [2.45, 2.75) is 18.1 Å². The average molecular weight is 460 g/mol. The van der Waals surface area contributed by atoms with Crippen LogP contribution in [0, 0.1) is 0 Å². The van der Waals surface area contributed by atoms with Crippen LogP contribution in [0.5, 0.6) is 5.75 Å². The zero-order chi connectivity index (χ0) is 22.4. The van der Waals surface area contributed by atoms with Crippen molar-refractivity contribution in [1.29, 1.82) is 0 Å². The van der Waals surface area contributed by atoms with Gasteiger partial charge in [-0.05, 0) is 43.3 Å². The number of ether oxygens (including phenoxy) is 1. The molecular formula is C21H22ClN5O3S. The van der Waals surface area contributed by atoms with Gasteiger partial charge in [-0.25, -0.2) is 0 Å². The van der Waals surface area contributed by atoms with E-state index in [1.807, 2.05) is 6.92 Å². The number of rotatable bonds is 8. The fourth-order valence-electron chi connectivity index (χ4n) is 2.80. The van der Waals surface area contributed by atoms with Gasteiger partial charge in [0.2, 0.25) is 5.91 Å². The van der Waals surface area contributed by atoms with Gasteiger partial charge >= 0.3 is 0 Å². The molecule has 0 saturated carbocycles. The zero-order valence-electron chi connectivity index (χ0n) is 17.3. The lowest BCUT2D eigenvalue weighted by Gasteiger charge is -2.13. The number of carbonyl (C=O) groups excluding carboxylic acids is 2. The van der Waals surface area contributed by atoms with Gasteiger partial charge < -0.3 is 19.9 Å². The van der Waals surface area contributed by atoms with E-state index in [1.54, 1.807) is 67.3 Å². The molecule has 2 amide bonds. The predicted molar refractivity (Wildman–Crippen MR) is 121 cm³/mol. The van der Waals surface area contributed by atoms with Crippen LogP contribution >= 0.6 is 23.4 Å². The second-order valence-corrected chi connectivity index (χ2v) is 8.05. The van der Waals surface area contributed by atoms with Crippen molar-refractivity contribution in [3.05, 3.63) is 64.9 Å². The molecule has 0 fully saturated rings. The topological polar surface area (TPSA) is 98.1 Å². The first-order chi connectivity index (χ1) is 14.9. The van der Waals surface area contributed by atoms with Gasteiger partial charge in [0.05, 0.1) is 18.9 Å². The first kappa shape index (κ1) is 22.6. The fourth-order valence-corrected chi connectivity index (χ4v) is 3.65. The van der Waals surface area contributed by atoms with Crippen LogP contribution in [0.2, 0.25) is 5.02 Å². The summed E-state index contributed by atoms with van der Waals surface area (Å²) in [5.74, 6) is 0.997. The van der Waals surface area contributed by atoms with E-state index in [9.17, 15) is 9.59 Å². The zero-order valence-corrected chi connectivity index (χ0v) is 18.8. The molecule has 3 aromatic rings. The van der Waals surface area contributed by atoms with Crippen molar-refractivity contribution in [1.82, 2.24) is 20.1 Å². The summed E-state index contributed by atoms with van der Waals surface area (Å²) in [4.78, 5) is 24.7. The van der Waals surface area contributed by atoms with E-state index in [4.69, 9.17) is 16.3 Å². The van der Waals surface area contributed by atoms with Gasteiger partial charge in [0, 0.05) is 29.4 Å². The van der Waals surface area contributed by atoms with E-state index < -0.39 is 0 Å². The van der Waals surface area contributed by atoms with Crippen LogP contribution in [0.4, 0.5) is 5.69 Å². The minimum Gasteiger partial charge on any atom is -0.497 e. The number of nitrogens with zero attached hydrogens (tertiary/aromatic N) is 3. The molecule has 0 aliphatic rings. The van der Waals surface area contributed by atoms with Gasteiger partial charge in [0.1, 0.15) is 5.75 Å². The van der Waals surface area contributed by atoms with Crippen molar-refractivity contribution in [3.63, 3.8) is 0 Å². The third-order valence-electron chi connectivity index (χ3n) is 4.40. The van der Waals surface area contributed by atoms with Crippen LogP contribution in [-0.4, -0.2) is 39.4 Å². The van der Waals surface area contributed by atoms with Gasteiger partial charge in [-0.1, -0.05) is 29.4 Å². The normalized spacial score (nSPS) is 11.6. The maximum absolute atomic E-state index is 12.4. The molecule has 0 radical (unpaired) electrons. The summed E-state index contributed by atoms with van der Waals surface area (Å²) in [5, 5.41) is 15.2. The van der Waals surface area contributed by atoms with Crippen LogP contribution in [0.1, 0.15) is 29.1 Å². The molecule has 2 N–H and O–H groups in total. The number of amides is 2. The molecule has 1 aromatic heterocycles. The maximum atomic E-state index is 12.4. The van der Waals surface area contributed by atoms with E-state index in [0.717, 1.165) is 0 Å². The summed E-state index contributed by atoms with van der Waals surface area (Å²) < 4.78 is 6.91. The molecule has 1 heterocycles. The largest absolute Gasteiger partial charge is 0.497 e. The van der Waals surface area contributed by atoms with Gasteiger partial charge in [0.15, 0.2) is 11.0 Å². The van der Waals surface area contributed by atoms with Crippen molar-refractivity contribution in [2.75, 3.05) is 18.2 Å². The van der Waals surface area contributed by atoms with Crippen molar-refractivity contribution in [3.8, 4) is 5.75 Å². The number of aromatic nitrogens is 3. The molecule has 162 valence electrons. The summed E-state index contributed by atoms with van der Waals surface area (Å²) in [6.07, 6.45) is 0. The Balaban J connectivity index is 1.57. The Labute approximate surface area is 189 Å². The number of thioether (sulfide) groups is 1. The highest BCUT2D eigenvalue weighted by molar-refractivity contribution is 7.99. The first-order valence-corrected chi connectivity index (χ1v) is 10.8. The second kappa shape index (κ2) is 10.3. The number of benzene rings is 2. The molecule has 0 bridgehead atoms. The highest BCUT2D eigenvalue weighted by atomic mass is 35.5. The van der Waals surface area contributed by atoms with Crippen molar-refractivity contribution >= 4 is 40.9 Å². The molecule has 10 heteroatoms. The maximum Gasteiger partial charge on any atom is 0.251 e. The number of nitrogens with one attached hydrogen (secondary N) is 2. The number of hydrogen-bond acceptors (Lipinski definition) is 6. The van der Waals surface area contributed by atoms with E-state index in [2.05, 4.69) is 20.8 Å². The van der Waals surface area contributed by atoms with E-state index in [-0.39, 0.29) is 23.6 Å². The lowest BCUT2D eigenvalue weighted by Crippen LogP contribution is -2.28. The second-order valence-electron chi connectivity index (χ2n) is 6.67. The molecule has 31 heavy (non-hydrogen) atoms. The van der Waals surface area contributed by atoms with Crippen molar-refractivity contribution in [2.24, 2.45) is 7.05 Å². The SMILES string of the molecule is COc1cccc(NC(=O)CSc2nnc([C@@H](C)NC(=O)c3ccc(Cl)cc3)n2C)c1. The molecule has 0 spiro atoms. The van der Waals surface area contributed by atoms with Crippen LogP contribution in [0.3, 0.4) is 0 Å². The molecular weight excluding hydrogens is 438 g/mol. The van der Waals surface area contributed by atoms with Gasteiger partial charge in [-0.2, -0.15) is 0 Å². The third kappa shape index (κ3) is 5.99. The minimum atomic E-state index is -0.374. The number of methoxy groups -OCH3 is 1. The van der Waals surface area contributed by atoms with Gasteiger partial charge in [0.25, 0.3) is 5.91 Å². The molecule has 0 aliphatic carbocycles. The van der Waals surface area contributed by atoms with Crippen LogP contribution in [0.15, 0.2) is 53.7 Å². The summed E-state index contributed by atoms with van der Waals surface area (Å²) in [6, 6.07) is 13.4. The number of anilines is 1. The fraction of sp³-hybridized carbons (Fsp3) is 0.238. The Hall–Kier alpha value is -3.04. The van der Waals surface area contributed by atoms with E-state index >= 15 is 0 Å². The third-order valence-corrected chi connectivity index (χ3v) is 5.67. The Morgan fingerprint density at radius 3 is 2.65 bits per heavy atom. The smallest absolute Gasteiger partial charge is 0.251 e. The number of carbonyl (C=O) groups is 2. The van der Waals surface area contributed by atoms with Gasteiger partial charge in [-0.15, -0.1) is 10.2 Å². The summed E-state index contributed by atoms with van der Waals surface area (Å²) in [7, 11) is 3.36. The van der Waals surface area contributed by atoms with Crippen LogP contribution in [-0.2, 0) is 11.8 Å². The molecule has 1 atom stereocenters. The van der Waals surface area contributed by atoms with Crippen LogP contribution in [0.25, 0.3) is 0 Å². The molecule has 0 aliphatic heterocycles.